The number of anilines is 1. The molecule has 0 aliphatic rings. The highest BCUT2D eigenvalue weighted by Crippen LogP contribution is 2.28. The van der Waals surface area contributed by atoms with Crippen LogP contribution in [-0.2, 0) is 21.4 Å². The van der Waals surface area contributed by atoms with Gasteiger partial charge in [0, 0.05) is 18.4 Å². The SMILES string of the molecule is CCOc1ccc(CNS(=O)(=O)c2ccc(SC)c(NC(C)=O)c2)cc1. The molecule has 6 nitrogen and oxygen atoms in total. The third kappa shape index (κ3) is 5.48. The molecule has 0 radical (unpaired) electrons. The van der Waals surface area contributed by atoms with Crippen molar-refractivity contribution >= 4 is 33.4 Å². The molecule has 0 fully saturated rings. The van der Waals surface area contributed by atoms with Crippen molar-refractivity contribution in [3.8, 4) is 5.75 Å². The zero-order valence-corrected chi connectivity index (χ0v) is 16.5. The highest BCUT2D eigenvalue weighted by atomic mass is 32.2. The fourth-order valence-electron chi connectivity index (χ4n) is 2.27. The molecule has 140 valence electrons. The number of amides is 1. The lowest BCUT2D eigenvalue weighted by Gasteiger charge is -2.12. The van der Waals surface area contributed by atoms with Crippen LogP contribution in [0.2, 0.25) is 0 Å². The van der Waals surface area contributed by atoms with Gasteiger partial charge in [-0.05, 0) is 49.1 Å². The summed E-state index contributed by atoms with van der Waals surface area (Å²) in [5.41, 5.74) is 1.30. The van der Waals surface area contributed by atoms with Crippen LogP contribution in [0.25, 0.3) is 0 Å². The van der Waals surface area contributed by atoms with Crippen LogP contribution in [0.3, 0.4) is 0 Å². The van der Waals surface area contributed by atoms with Crippen LogP contribution < -0.4 is 14.8 Å². The monoisotopic (exact) mass is 394 g/mol. The molecule has 0 aliphatic heterocycles. The number of nitrogens with one attached hydrogen (secondary N) is 2. The maximum absolute atomic E-state index is 12.6. The highest BCUT2D eigenvalue weighted by molar-refractivity contribution is 7.98. The smallest absolute Gasteiger partial charge is 0.240 e. The molecule has 0 atom stereocenters. The molecule has 26 heavy (non-hydrogen) atoms. The fraction of sp³-hybridized carbons (Fsp3) is 0.278. The van der Waals surface area contributed by atoms with Crippen LogP contribution in [0.15, 0.2) is 52.3 Å². The number of thioether (sulfide) groups is 1. The lowest BCUT2D eigenvalue weighted by molar-refractivity contribution is -0.114. The number of rotatable bonds is 8. The van der Waals surface area contributed by atoms with Gasteiger partial charge in [-0.2, -0.15) is 0 Å². The Labute approximate surface area is 158 Å². The second-order valence-corrected chi connectivity index (χ2v) is 8.06. The number of ether oxygens (including phenoxy) is 1. The number of benzene rings is 2. The van der Waals surface area contributed by atoms with E-state index in [1.807, 2.05) is 25.3 Å². The van der Waals surface area contributed by atoms with E-state index in [0.717, 1.165) is 16.2 Å². The minimum Gasteiger partial charge on any atom is -0.494 e. The first-order valence-electron chi connectivity index (χ1n) is 8.02. The minimum atomic E-state index is -3.70. The molecule has 0 aromatic heterocycles. The summed E-state index contributed by atoms with van der Waals surface area (Å²) in [5.74, 6) is 0.490. The molecule has 1 amide bonds. The van der Waals surface area contributed by atoms with Gasteiger partial charge in [-0.3, -0.25) is 4.79 Å². The molecule has 8 heteroatoms. The van der Waals surface area contributed by atoms with Gasteiger partial charge in [-0.1, -0.05) is 12.1 Å². The van der Waals surface area contributed by atoms with Crippen LogP contribution in [-0.4, -0.2) is 27.2 Å². The molecule has 0 saturated heterocycles. The predicted octanol–water partition coefficient (Wildman–Crippen LogP) is 3.24. The summed E-state index contributed by atoms with van der Waals surface area (Å²) < 4.78 is 33.1. The lowest BCUT2D eigenvalue weighted by atomic mass is 10.2. The Morgan fingerprint density at radius 3 is 2.42 bits per heavy atom. The van der Waals surface area contributed by atoms with Gasteiger partial charge in [0.15, 0.2) is 0 Å². The number of sulfonamides is 1. The van der Waals surface area contributed by atoms with Gasteiger partial charge in [-0.15, -0.1) is 11.8 Å². The minimum absolute atomic E-state index is 0.102. The van der Waals surface area contributed by atoms with E-state index in [1.165, 1.54) is 30.8 Å². The number of carbonyl (C=O) groups excluding carboxylic acids is 1. The van der Waals surface area contributed by atoms with E-state index in [1.54, 1.807) is 18.2 Å². The molecule has 2 aromatic rings. The third-order valence-corrected chi connectivity index (χ3v) is 5.69. The van der Waals surface area contributed by atoms with E-state index in [4.69, 9.17) is 4.74 Å². The maximum atomic E-state index is 12.6. The van der Waals surface area contributed by atoms with Crippen LogP contribution in [0.5, 0.6) is 5.75 Å². The zero-order chi connectivity index (χ0) is 19.2. The highest BCUT2D eigenvalue weighted by Gasteiger charge is 2.16. The summed E-state index contributed by atoms with van der Waals surface area (Å²) in [7, 11) is -3.70. The first kappa shape index (κ1) is 20.3. The summed E-state index contributed by atoms with van der Waals surface area (Å²) in [5, 5.41) is 2.66. The summed E-state index contributed by atoms with van der Waals surface area (Å²) >= 11 is 1.43. The molecule has 0 saturated carbocycles. The molecule has 0 aliphatic carbocycles. The average Bonchev–Trinajstić information content (AvgIpc) is 2.61. The van der Waals surface area contributed by atoms with E-state index in [0.29, 0.717) is 12.3 Å². The summed E-state index contributed by atoms with van der Waals surface area (Å²) in [6.07, 6.45) is 1.86. The van der Waals surface area contributed by atoms with Crippen molar-refractivity contribution in [1.29, 1.82) is 0 Å². The maximum Gasteiger partial charge on any atom is 0.240 e. The van der Waals surface area contributed by atoms with E-state index in [-0.39, 0.29) is 17.3 Å². The Balaban J connectivity index is 2.15. The predicted molar refractivity (Wildman–Crippen MR) is 104 cm³/mol. The molecule has 0 heterocycles. The van der Waals surface area contributed by atoms with Crippen LogP contribution in [0.1, 0.15) is 19.4 Å². The van der Waals surface area contributed by atoms with Gasteiger partial charge >= 0.3 is 0 Å². The van der Waals surface area contributed by atoms with Crippen molar-refractivity contribution in [3.05, 3.63) is 48.0 Å². The fourth-order valence-corrected chi connectivity index (χ4v) is 3.85. The molecule has 0 bridgehead atoms. The Kier molecular flexibility index (Phi) is 7.07. The Morgan fingerprint density at radius 1 is 1.15 bits per heavy atom. The van der Waals surface area contributed by atoms with Gasteiger partial charge in [0.2, 0.25) is 15.9 Å². The van der Waals surface area contributed by atoms with Crippen LogP contribution >= 0.6 is 11.8 Å². The van der Waals surface area contributed by atoms with Gasteiger partial charge in [0.1, 0.15) is 5.75 Å². The van der Waals surface area contributed by atoms with Gasteiger partial charge in [-0.25, -0.2) is 13.1 Å². The molecule has 0 unspecified atom stereocenters. The summed E-state index contributed by atoms with van der Waals surface area (Å²) in [6.45, 7) is 4.03. The number of carbonyl (C=O) groups is 1. The standard InChI is InChI=1S/C18H22N2O4S2/c1-4-24-15-7-5-14(6-8-15)12-19-26(22,23)16-9-10-18(25-3)17(11-16)20-13(2)21/h5-11,19H,4,12H2,1-3H3,(H,20,21). The Hall–Kier alpha value is -2.03. The Morgan fingerprint density at radius 2 is 1.85 bits per heavy atom. The average molecular weight is 395 g/mol. The third-order valence-electron chi connectivity index (χ3n) is 3.49. The van der Waals surface area contributed by atoms with Gasteiger partial charge in [0.25, 0.3) is 0 Å². The van der Waals surface area contributed by atoms with Crippen molar-refractivity contribution in [2.75, 3.05) is 18.2 Å². The molecule has 0 spiro atoms. The van der Waals surface area contributed by atoms with Crippen LogP contribution in [0, 0.1) is 0 Å². The molecule has 2 aromatic carbocycles. The molecule has 2 N–H and O–H groups in total. The first-order valence-corrected chi connectivity index (χ1v) is 10.7. The van der Waals surface area contributed by atoms with Crippen molar-refractivity contribution in [1.82, 2.24) is 4.72 Å². The van der Waals surface area contributed by atoms with Crippen molar-refractivity contribution < 1.29 is 17.9 Å². The van der Waals surface area contributed by atoms with Crippen LogP contribution in [0.4, 0.5) is 5.69 Å². The Bertz CT molecular complexity index is 865. The quantitative estimate of drug-likeness (QED) is 0.672. The zero-order valence-electron chi connectivity index (χ0n) is 14.9. The van der Waals surface area contributed by atoms with E-state index in [9.17, 15) is 13.2 Å². The second-order valence-electron chi connectivity index (χ2n) is 5.44. The number of hydrogen-bond donors (Lipinski definition) is 2. The second kappa shape index (κ2) is 9.07. The van der Waals surface area contributed by atoms with E-state index >= 15 is 0 Å². The van der Waals surface area contributed by atoms with Crippen molar-refractivity contribution in [3.63, 3.8) is 0 Å². The van der Waals surface area contributed by atoms with Crippen molar-refractivity contribution in [2.24, 2.45) is 0 Å². The molecule has 2 rings (SSSR count). The molecular formula is C18H22N2O4S2. The number of hydrogen-bond acceptors (Lipinski definition) is 5. The topological polar surface area (TPSA) is 84.5 Å². The largest absolute Gasteiger partial charge is 0.494 e. The summed E-state index contributed by atoms with van der Waals surface area (Å²) in [6, 6.07) is 11.9. The van der Waals surface area contributed by atoms with Gasteiger partial charge in [0.05, 0.1) is 17.2 Å². The van der Waals surface area contributed by atoms with Gasteiger partial charge < -0.3 is 10.1 Å². The lowest BCUT2D eigenvalue weighted by Crippen LogP contribution is -2.23. The van der Waals surface area contributed by atoms with E-state index < -0.39 is 10.0 Å². The van der Waals surface area contributed by atoms with E-state index in [2.05, 4.69) is 10.0 Å². The first-order chi connectivity index (χ1) is 12.4. The summed E-state index contributed by atoms with van der Waals surface area (Å²) in [4.78, 5) is 12.2. The normalized spacial score (nSPS) is 11.2. The van der Waals surface area contributed by atoms with Crippen molar-refractivity contribution in [2.45, 2.75) is 30.2 Å². The molecular weight excluding hydrogens is 372 g/mol.